The Balaban J connectivity index is 1.75. The van der Waals surface area contributed by atoms with E-state index in [0.717, 1.165) is 25.3 Å². The third-order valence-electron chi connectivity index (χ3n) is 5.69. The fourth-order valence-electron chi connectivity index (χ4n) is 3.97. The molecule has 0 bridgehead atoms. The highest BCUT2D eigenvalue weighted by Gasteiger charge is 2.40. The molecule has 118 valence electrons. The van der Waals surface area contributed by atoms with Gasteiger partial charge in [-0.3, -0.25) is 0 Å². The minimum Gasteiger partial charge on any atom is -0.302 e. The molecule has 2 heteroatoms. The first-order valence-electron chi connectivity index (χ1n) is 8.44. The fraction of sp³-hybridized carbons (Fsp3) is 1.00. The lowest BCUT2D eigenvalue weighted by Crippen LogP contribution is -2.54. The summed E-state index contributed by atoms with van der Waals surface area (Å²) in [4.78, 5) is 2.55. The molecule has 1 saturated carbocycles. The number of hydrogen-bond acceptors (Lipinski definition) is 1. The first-order valence-corrected chi connectivity index (χ1v) is 8.44. The fourth-order valence-corrected chi connectivity index (χ4v) is 3.97. The van der Waals surface area contributed by atoms with E-state index in [4.69, 9.17) is 0 Å². The third kappa shape index (κ3) is 3.75. The van der Waals surface area contributed by atoms with Crippen molar-refractivity contribution in [2.45, 2.75) is 67.0 Å². The molecule has 0 aromatic rings. The Morgan fingerprint density at radius 3 is 2.00 bits per heavy atom. The molecular weight excluding hydrogens is 249 g/mol. The molecule has 3 unspecified atom stereocenters. The Hall–Kier alpha value is -0.110. The molecule has 2 rings (SSSR count). The Morgan fingerprint density at radius 2 is 1.55 bits per heavy atom. The largest absolute Gasteiger partial charge is 0.302 e. The van der Waals surface area contributed by atoms with Crippen molar-refractivity contribution in [1.29, 1.82) is 0 Å². The zero-order valence-corrected chi connectivity index (χ0v) is 14.4. The summed E-state index contributed by atoms with van der Waals surface area (Å²) in [5.41, 5.74) is 0.557. The zero-order valence-electron chi connectivity index (χ0n) is 14.4. The van der Waals surface area contributed by atoms with E-state index in [1.54, 1.807) is 0 Å². The van der Waals surface area contributed by atoms with Gasteiger partial charge in [-0.05, 0) is 47.8 Å². The first-order chi connectivity index (χ1) is 9.07. The molecule has 2 fully saturated rings. The Morgan fingerprint density at radius 1 is 0.950 bits per heavy atom. The van der Waals surface area contributed by atoms with E-state index in [1.165, 1.54) is 19.5 Å². The number of rotatable bonds is 2. The summed E-state index contributed by atoms with van der Waals surface area (Å²) < 4.78 is 14.4. The maximum Gasteiger partial charge on any atom is 0.104 e. The van der Waals surface area contributed by atoms with E-state index < -0.39 is 6.17 Å². The summed E-state index contributed by atoms with van der Waals surface area (Å²) in [5.74, 6) is 1.68. The van der Waals surface area contributed by atoms with Gasteiger partial charge in [0.1, 0.15) is 6.17 Å². The molecule has 3 atom stereocenters. The van der Waals surface area contributed by atoms with Gasteiger partial charge in [-0.1, -0.05) is 41.5 Å². The van der Waals surface area contributed by atoms with E-state index in [2.05, 4.69) is 46.4 Å². The van der Waals surface area contributed by atoms with Gasteiger partial charge >= 0.3 is 0 Å². The summed E-state index contributed by atoms with van der Waals surface area (Å²) in [6.45, 7) is 17.1. The van der Waals surface area contributed by atoms with E-state index >= 15 is 0 Å². The van der Waals surface area contributed by atoms with Crippen molar-refractivity contribution < 1.29 is 4.39 Å². The first kappa shape index (κ1) is 16.3. The van der Waals surface area contributed by atoms with Gasteiger partial charge in [0.2, 0.25) is 0 Å². The Bertz CT molecular complexity index is 319. The standard InChI is InChI=1S/C18H34FN/c1-17(2,3)14-11-20(12-14)10-13-7-8-15(16(19)9-13)18(4,5)6/h13-16H,7-12H2,1-6H3. The molecular formula is C18H34FN. The second kappa shape index (κ2) is 5.59. The molecule has 0 spiro atoms. The predicted octanol–water partition coefficient (Wildman–Crippen LogP) is 4.76. The van der Waals surface area contributed by atoms with Crippen molar-refractivity contribution in [3.05, 3.63) is 0 Å². The van der Waals surface area contributed by atoms with Crippen LogP contribution in [0.2, 0.25) is 0 Å². The number of likely N-dealkylation sites (tertiary alicyclic amines) is 1. The van der Waals surface area contributed by atoms with Crippen LogP contribution in [0.15, 0.2) is 0 Å². The molecule has 0 N–H and O–H groups in total. The molecule has 0 aromatic carbocycles. The van der Waals surface area contributed by atoms with Crippen LogP contribution in [0.4, 0.5) is 4.39 Å². The van der Waals surface area contributed by atoms with Gasteiger partial charge in [0.05, 0.1) is 0 Å². The van der Waals surface area contributed by atoms with Gasteiger partial charge in [-0.25, -0.2) is 4.39 Å². The van der Waals surface area contributed by atoms with Gasteiger partial charge in [-0.15, -0.1) is 0 Å². The van der Waals surface area contributed by atoms with Crippen LogP contribution < -0.4 is 0 Å². The second-order valence-corrected chi connectivity index (χ2v) is 9.45. The van der Waals surface area contributed by atoms with Crippen molar-refractivity contribution in [2.75, 3.05) is 19.6 Å². The third-order valence-corrected chi connectivity index (χ3v) is 5.69. The maximum absolute atomic E-state index is 14.4. The van der Waals surface area contributed by atoms with Crippen LogP contribution in [-0.4, -0.2) is 30.7 Å². The van der Waals surface area contributed by atoms with Gasteiger partial charge in [0.15, 0.2) is 0 Å². The number of hydrogen-bond donors (Lipinski definition) is 0. The van der Waals surface area contributed by atoms with Crippen LogP contribution in [0.25, 0.3) is 0 Å². The summed E-state index contributed by atoms with van der Waals surface area (Å²) >= 11 is 0. The molecule has 1 aliphatic heterocycles. The minimum atomic E-state index is -0.589. The quantitative estimate of drug-likeness (QED) is 0.706. The van der Waals surface area contributed by atoms with Crippen molar-refractivity contribution in [3.8, 4) is 0 Å². The lowest BCUT2D eigenvalue weighted by Gasteiger charge is -2.48. The SMILES string of the molecule is CC(C)(C)C1CN(CC2CCC(C(C)(C)C)C(F)C2)C1. The highest BCUT2D eigenvalue weighted by Crippen LogP contribution is 2.42. The van der Waals surface area contributed by atoms with E-state index in [9.17, 15) is 4.39 Å². The smallest absolute Gasteiger partial charge is 0.104 e. The average molecular weight is 283 g/mol. The van der Waals surface area contributed by atoms with Crippen LogP contribution in [0.3, 0.4) is 0 Å². The van der Waals surface area contributed by atoms with Crippen molar-refractivity contribution in [1.82, 2.24) is 4.90 Å². The molecule has 1 nitrogen and oxygen atoms in total. The average Bonchev–Trinajstić information content (AvgIpc) is 2.19. The summed E-state index contributed by atoms with van der Waals surface area (Å²) in [7, 11) is 0. The molecule has 0 amide bonds. The molecule has 0 radical (unpaired) electrons. The van der Waals surface area contributed by atoms with Crippen molar-refractivity contribution in [3.63, 3.8) is 0 Å². The van der Waals surface area contributed by atoms with Crippen LogP contribution in [-0.2, 0) is 0 Å². The molecule has 1 saturated heterocycles. The molecule has 20 heavy (non-hydrogen) atoms. The molecule has 0 aromatic heterocycles. The number of alkyl halides is 1. The van der Waals surface area contributed by atoms with E-state index in [0.29, 0.717) is 11.3 Å². The highest BCUT2D eigenvalue weighted by atomic mass is 19.1. The van der Waals surface area contributed by atoms with Gasteiger partial charge in [-0.2, -0.15) is 0 Å². The number of nitrogens with zero attached hydrogens (tertiary/aromatic N) is 1. The van der Waals surface area contributed by atoms with Crippen LogP contribution in [0.1, 0.15) is 60.8 Å². The van der Waals surface area contributed by atoms with Crippen molar-refractivity contribution >= 4 is 0 Å². The van der Waals surface area contributed by atoms with E-state index in [-0.39, 0.29) is 11.3 Å². The van der Waals surface area contributed by atoms with Gasteiger partial charge < -0.3 is 4.90 Å². The molecule has 2 aliphatic rings. The molecule has 1 heterocycles. The van der Waals surface area contributed by atoms with Gasteiger partial charge in [0.25, 0.3) is 0 Å². The normalized spacial score (nSPS) is 34.0. The lowest BCUT2D eigenvalue weighted by atomic mass is 9.68. The van der Waals surface area contributed by atoms with Crippen LogP contribution in [0.5, 0.6) is 0 Å². The topological polar surface area (TPSA) is 3.24 Å². The summed E-state index contributed by atoms with van der Waals surface area (Å²) in [5, 5.41) is 0. The predicted molar refractivity (Wildman–Crippen MR) is 84.6 cm³/mol. The number of halogens is 1. The molecule has 1 aliphatic carbocycles. The Labute approximate surface area is 125 Å². The zero-order chi connectivity index (χ0) is 15.1. The maximum atomic E-state index is 14.4. The van der Waals surface area contributed by atoms with Crippen LogP contribution in [0, 0.1) is 28.6 Å². The minimum absolute atomic E-state index is 0.123. The lowest BCUT2D eigenvalue weighted by molar-refractivity contribution is -0.0100. The monoisotopic (exact) mass is 283 g/mol. The van der Waals surface area contributed by atoms with E-state index in [1.807, 2.05) is 0 Å². The Kier molecular flexibility index (Phi) is 4.54. The van der Waals surface area contributed by atoms with Crippen molar-refractivity contribution in [2.24, 2.45) is 28.6 Å². The van der Waals surface area contributed by atoms with Gasteiger partial charge in [0, 0.05) is 19.6 Å². The highest BCUT2D eigenvalue weighted by molar-refractivity contribution is 4.92. The second-order valence-electron chi connectivity index (χ2n) is 9.45. The van der Waals surface area contributed by atoms with Crippen LogP contribution >= 0.6 is 0 Å². The summed E-state index contributed by atoms with van der Waals surface area (Å²) in [6, 6.07) is 0. The summed E-state index contributed by atoms with van der Waals surface area (Å²) in [6.07, 6.45) is 2.50.